The Morgan fingerprint density at radius 1 is 0.931 bits per heavy atom. The topological polar surface area (TPSA) is 55.4 Å². The van der Waals surface area contributed by atoms with E-state index in [4.69, 9.17) is 4.74 Å². The average molecular weight is 409 g/mol. The Labute approximate surface area is 173 Å². The molecular formula is C23H20FNO3S. The largest absolute Gasteiger partial charge is 0.481 e. The molecule has 148 valence electrons. The van der Waals surface area contributed by atoms with Crippen LogP contribution < -0.4 is 10.1 Å². The summed E-state index contributed by atoms with van der Waals surface area (Å²) in [6, 6.07) is 19.4. The van der Waals surface area contributed by atoms with Crippen LogP contribution in [0.25, 0.3) is 0 Å². The fourth-order valence-corrected chi connectivity index (χ4v) is 3.25. The Morgan fingerprint density at radius 2 is 1.52 bits per heavy atom. The number of halogens is 1. The van der Waals surface area contributed by atoms with Crippen molar-refractivity contribution >= 4 is 29.1 Å². The van der Waals surface area contributed by atoms with E-state index < -0.39 is 11.9 Å². The third-order valence-electron chi connectivity index (χ3n) is 4.27. The Hall–Kier alpha value is -3.12. The van der Waals surface area contributed by atoms with Gasteiger partial charge in [-0.15, -0.1) is 11.8 Å². The normalized spacial score (nSPS) is 11.6. The van der Waals surface area contributed by atoms with Crippen molar-refractivity contribution in [2.45, 2.75) is 17.9 Å². The Kier molecular flexibility index (Phi) is 6.67. The van der Waals surface area contributed by atoms with Gasteiger partial charge in [0.2, 0.25) is 0 Å². The molecular weight excluding hydrogens is 389 g/mol. The molecule has 0 aliphatic carbocycles. The highest BCUT2D eigenvalue weighted by Crippen LogP contribution is 2.25. The van der Waals surface area contributed by atoms with Crippen LogP contribution in [0.5, 0.6) is 5.75 Å². The first-order valence-corrected chi connectivity index (χ1v) is 10.2. The number of rotatable bonds is 7. The van der Waals surface area contributed by atoms with Crippen molar-refractivity contribution in [3.63, 3.8) is 0 Å². The molecule has 1 atom stereocenters. The summed E-state index contributed by atoms with van der Waals surface area (Å²) in [4.78, 5) is 25.8. The Balaban J connectivity index is 1.63. The predicted octanol–water partition coefficient (Wildman–Crippen LogP) is 5.18. The summed E-state index contributed by atoms with van der Waals surface area (Å²) in [6.45, 7) is 1.66. The third-order valence-corrected chi connectivity index (χ3v) is 5.07. The van der Waals surface area contributed by atoms with E-state index in [1.54, 1.807) is 43.0 Å². The minimum atomic E-state index is -0.719. The molecule has 3 aromatic rings. The number of hydrogen-bond donors (Lipinski definition) is 1. The lowest BCUT2D eigenvalue weighted by Gasteiger charge is -2.16. The monoisotopic (exact) mass is 409 g/mol. The van der Waals surface area contributed by atoms with Gasteiger partial charge in [-0.1, -0.05) is 12.1 Å². The zero-order valence-corrected chi connectivity index (χ0v) is 16.8. The van der Waals surface area contributed by atoms with Crippen LogP contribution in [0, 0.1) is 5.82 Å². The maximum absolute atomic E-state index is 13.0. The van der Waals surface area contributed by atoms with Crippen molar-refractivity contribution in [2.75, 3.05) is 11.6 Å². The molecule has 0 aromatic heterocycles. The molecule has 0 heterocycles. The molecule has 3 rings (SSSR count). The molecule has 0 spiro atoms. The quantitative estimate of drug-likeness (QED) is 0.431. The summed E-state index contributed by atoms with van der Waals surface area (Å²) >= 11 is 1.55. The summed E-state index contributed by atoms with van der Waals surface area (Å²) in [5.74, 6) is -0.395. The number of anilines is 1. The standard InChI is InChI=1S/C23H20FNO3S/c1-15(23(27)25-20-5-3-4-6-21(20)29-2)28-19-13-9-17(10-14-19)22(26)16-7-11-18(24)12-8-16/h3-15H,1-2H3,(H,25,27). The van der Waals surface area contributed by atoms with Crippen molar-refractivity contribution in [3.05, 3.63) is 89.7 Å². The zero-order valence-electron chi connectivity index (χ0n) is 16.0. The lowest BCUT2D eigenvalue weighted by Crippen LogP contribution is -2.30. The predicted molar refractivity (Wildman–Crippen MR) is 113 cm³/mol. The van der Waals surface area contributed by atoms with Crippen molar-refractivity contribution in [2.24, 2.45) is 0 Å². The SMILES string of the molecule is CSc1ccccc1NC(=O)C(C)Oc1ccc(C(=O)c2ccc(F)cc2)cc1. The molecule has 0 saturated heterocycles. The fraction of sp³-hybridized carbons (Fsp3) is 0.130. The first-order valence-electron chi connectivity index (χ1n) is 8.99. The van der Waals surface area contributed by atoms with Crippen molar-refractivity contribution in [1.82, 2.24) is 0 Å². The van der Waals surface area contributed by atoms with Crippen molar-refractivity contribution in [1.29, 1.82) is 0 Å². The molecule has 6 heteroatoms. The zero-order chi connectivity index (χ0) is 20.8. The van der Waals surface area contributed by atoms with E-state index in [0.717, 1.165) is 10.6 Å². The molecule has 0 aliphatic rings. The molecule has 29 heavy (non-hydrogen) atoms. The molecule has 1 amide bonds. The Morgan fingerprint density at radius 3 is 2.14 bits per heavy atom. The number of amides is 1. The first-order chi connectivity index (χ1) is 14.0. The van der Waals surface area contributed by atoms with Gasteiger partial charge in [-0.25, -0.2) is 4.39 Å². The Bertz CT molecular complexity index is 1000. The molecule has 0 radical (unpaired) electrons. The molecule has 0 fully saturated rings. The van der Waals surface area contributed by atoms with Gasteiger partial charge in [0.15, 0.2) is 11.9 Å². The number of para-hydroxylation sites is 1. The molecule has 0 saturated carbocycles. The number of hydrogen-bond acceptors (Lipinski definition) is 4. The van der Waals surface area contributed by atoms with E-state index in [1.807, 2.05) is 30.5 Å². The van der Waals surface area contributed by atoms with Crippen LogP contribution in [0.4, 0.5) is 10.1 Å². The van der Waals surface area contributed by atoms with Crippen LogP contribution >= 0.6 is 11.8 Å². The van der Waals surface area contributed by atoms with E-state index in [0.29, 0.717) is 16.9 Å². The second kappa shape index (κ2) is 9.39. The summed E-state index contributed by atoms with van der Waals surface area (Å²) in [5.41, 5.74) is 1.59. The second-order valence-electron chi connectivity index (χ2n) is 6.31. The van der Waals surface area contributed by atoms with Crippen LogP contribution in [-0.4, -0.2) is 24.1 Å². The van der Waals surface area contributed by atoms with Crippen LogP contribution in [0.3, 0.4) is 0 Å². The van der Waals surface area contributed by atoms with Crippen molar-refractivity contribution in [3.8, 4) is 5.75 Å². The molecule has 4 nitrogen and oxygen atoms in total. The van der Waals surface area contributed by atoms with Gasteiger partial charge in [0.25, 0.3) is 5.91 Å². The molecule has 3 aromatic carbocycles. The minimum Gasteiger partial charge on any atom is -0.481 e. The van der Waals surface area contributed by atoms with Gasteiger partial charge in [0.05, 0.1) is 5.69 Å². The number of benzene rings is 3. The summed E-state index contributed by atoms with van der Waals surface area (Å²) in [5, 5.41) is 2.87. The maximum atomic E-state index is 13.0. The van der Waals surface area contributed by atoms with E-state index in [-0.39, 0.29) is 11.7 Å². The van der Waals surface area contributed by atoms with Gasteiger partial charge >= 0.3 is 0 Å². The highest BCUT2D eigenvalue weighted by molar-refractivity contribution is 7.98. The fourth-order valence-electron chi connectivity index (χ4n) is 2.69. The number of carbonyl (C=O) groups excluding carboxylic acids is 2. The molecule has 0 bridgehead atoms. The number of ether oxygens (including phenoxy) is 1. The lowest BCUT2D eigenvalue weighted by molar-refractivity contribution is -0.122. The van der Waals surface area contributed by atoms with Crippen LogP contribution in [0.2, 0.25) is 0 Å². The maximum Gasteiger partial charge on any atom is 0.265 e. The number of thioether (sulfide) groups is 1. The van der Waals surface area contributed by atoms with Gasteiger partial charge in [-0.3, -0.25) is 9.59 Å². The van der Waals surface area contributed by atoms with Gasteiger partial charge in [-0.05, 0) is 73.8 Å². The van der Waals surface area contributed by atoms with E-state index in [1.165, 1.54) is 24.3 Å². The highest BCUT2D eigenvalue weighted by Gasteiger charge is 2.17. The second-order valence-corrected chi connectivity index (χ2v) is 7.16. The minimum absolute atomic E-state index is 0.212. The van der Waals surface area contributed by atoms with Gasteiger partial charge in [-0.2, -0.15) is 0 Å². The van der Waals surface area contributed by atoms with Crippen molar-refractivity contribution < 1.29 is 18.7 Å². The number of nitrogens with one attached hydrogen (secondary N) is 1. The van der Waals surface area contributed by atoms with E-state index >= 15 is 0 Å². The van der Waals surface area contributed by atoms with Crippen LogP contribution in [0.1, 0.15) is 22.8 Å². The summed E-state index contributed by atoms with van der Waals surface area (Å²) < 4.78 is 18.7. The summed E-state index contributed by atoms with van der Waals surface area (Å²) in [6.07, 6.45) is 1.23. The van der Waals surface area contributed by atoms with E-state index in [2.05, 4.69) is 5.32 Å². The van der Waals surface area contributed by atoms with Gasteiger partial charge < -0.3 is 10.1 Å². The highest BCUT2D eigenvalue weighted by atomic mass is 32.2. The van der Waals surface area contributed by atoms with E-state index in [9.17, 15) is 14.0 Å². The van der Waals surface area contributed by atoms with Gasteiger partial charge in [0, 0.05) is 16.0 Å². The van der Waals surface area contributed by atoms with Gasteiger partial charge in [0.1, 0.15) is 11.6 Å². The number of carbonyl (C=O) groups is 2. The number of ketones is 1. The molecule has 1 N–H and O–H groups in total. The first kappa shape index (κ1) is 20.6. The molecule has 0 aliphatic heterocycles. The molecule has 1 unspecified atom stereocenters. The van der Waals surface area contributed by atoms with Crippen LogP contribution in [-0.2, 0) is 4.79 Å². The summed E-state index contributed by atoms with van der Waals surface area (Å²) in [7, 11) is 0. The smallest absolute Gasteiger partial charge is 0.265 e. The average Bonchev–Trinajstić information content (AvgIpc) is 2.74. The van der Waals surface area contributed by atoms with Crippen LogP contribution in [0.15, 0.2) is 77.7 Å². The third kappa shape index (κ3) is 5.23. The lowest BCUT2D eigenvalue weighted by atomic mass is 10.0.